The summed E-state index contributed by atoms with van der Waals surface area (Å²) in [4.78, 5) is 13.2. The van der Waals surface area contributed by atoms with Crippen LogP contribution in [-0.2, 0) is 11.0 Å². The van der Waals surface area contributed by atoms with Crippen LogP contribution >= 0.6 is 12.6 Å². The van der Waals surface area contributed by atoms with Crippen LogP contribution in [0.3, 0.4) is 0 Å². The largest absolute Gasteiger partial charge is 0.416 e. The maximum Gasteiger partial charge on any atom is 0.416 e. The number of hydrogen-bond acceptors (Lipinski definition) is 2. The number of aryl methyl sites for hydroxylation is 1. The molecular formula is C13H14F3NOS. The zero-order chi connectivity index (χ0) is 14.2. The third-order valence-electron chi connectivity index (χ3n) is 3.30. The number of carbonyl (C=O) groups excluding carboxylic acids is 1. The predicted octanol–water partition coefficient (Wildman–Crippen LogP) is 3.30. The van der Waals surface area contributed by atoms with Gasteiger partial charge in [-0.05, 0) is 36.3 Å². The third-order valence-corrected chi connectivity index (χ3v) is 3.82. The lowest BCUT2D eigenvalue weighted by molar-refractivity contribution is -0.138. The zero-order valence-electron chi connectivity index (χ0n) is 10.4. The predicted molar refractivity (Wildman–Crippen MR) is 70.5 cm³/mol. The molecule has 1 amide bonds. The summed E-state index contributed by atoms with van der Waals surface area (Å²) in [5.41, 5.74) is -0.215. The van der Waals surface area contributed by atoms with Gasteiger partial charge in [-0.15, -0.1) is 0 Å². The molecule has 0 aromatic heterocycles. The van der Waals surface area contributed by atoms with Crippen molar-refractivity contribution >= 4 is 24.2 Å². The van der Waals surface area contributed by atoms with E-state index >= 15 is 0 Å². The second-order valence-electron chi connectivity index (χ2n) is 4.75. The molecule has 0 N–H and O–H groups in total. The van der Waals surface area contributed by atoms with Crippen LogP contribution in [0.25, 0.3) is 0 Å². The monoisotopic (exact) mass is 289 g/mol. The van der Waals surface area contributed by atoms with Gasteiger partial charge in [-0.25, -0.2) is 0 Å². The number of benzene rings is 1. The van der Waals surface area contributed by atoms with Crippen molar-refractivity contribution in [2.24, 2.45) is 5.92 Å². The number of alkyl halides is 3. The first-order chi connectivity index (χ1) is 8.82. The number of amides is 1. The number of halogens is 3. The number of nitrogens with zero attached hydrogens (tertiary/aromatic N) is 1. The average Bonchev–Trinajstić information content (AvgIpc) is 2.70. The molecule has 1 heterocycles. The quantitative estimate of drug-likeness (QED) is 0.828. The minimum Gasteiger partial charge on any atom is -0.312 e. The molecule has 1 unspecified atom stereocenters. The Balaban J connectivity index is 2.34. The minimum atomic E-state index is -4.40. The lowest BCUT2D eigenvalue weighted by Gasteiger charge is -2.19. The van der Waals surface area contributed by atoms with Gasteiger partial charge in [-0.3, -0.25) is 4.79 Å². The summed E-state index contributed by atoms with van der Waals surface area (Å²) in [6.07, 6.45) is -4.05. The van der Waals surface area contributed by atoms with Crippen LogP contribution in [0.1, 0.15) is 17.5 Å². The van der Waals surface area contributed by atoms with Crippen LogP contribution in [0.2, 0.25) is 0 Å². The molecule has 1 fully saturated rings. The van der Waals surface area contributed by atoms with Gasteiger partial charge in [0.2, 0.25) is 5.91 Å². The fourth-order valence-electron chi connectivity index (χ4n) is 2.24. The molecular weight excluding hydrogens is 275 g/mol. The van der Waals surface area contributed by atoms with Crippen LogP contribution < -0.4 is 4.90 Å². The van der Waals surface area contributed by atoms with Crippen LogP contribution in [0.4, 0.5) is 18.9 Å². The first-order valence-corrected chi connectivity index (χ1v) is 6.55. The highest BCUT2D eigenvalue weighted by atomic mass is 32.1. The fraction of sp³-hybridized carbons (Fsp3) is 0.462. The highest BCUT2D eigenvalue weighted by Crippen LogP contribution is 2.35. The molecule has 6 heteroatoms. The molecule has 19 heavy (non-hydrogen) atoms. The number of rotatable bonds is 2. The minimum absolute atomic E-state index is 0.103. The SMILES string of the molecule is Cc1ccc(N2CC(CS)CC2=O)cc1C(F)(F)F. The summed E-state index contributed by atoms with van der Waals surface area (Å²) >= 11 is 4.13. The second kappa shape index (κ2) is 5.07. The van der Waals surface area contributed by atoms with E-state index in [2.05, 4.69) is 12.6 Å². The Morgan fingerprint density at radius 1 is 1.42 bits per heavy atom. The van der Waals surface area contributed by atoms with E-state index in [1.807, 2.05) is 0 Å². The number of thiol groups is 1. The molecule has 1 atom stereocenters. The number of anilines is 1. The number of carbonyl (C=O) groups is 1. The van der Waals surface area contributed by atoms with Crippen LogP contribution in [0.15, 0.2) is 18.2 Å². The molecule has 104 valence electrons. The fourth-order valence-corrected chi connectivity index (χ4v) is 2.48. The first-order valence-electron chi connectivity index (χ1n) is 5.92. The van der Waals surface area contributed by atoms with Gasteiger partial charge < -0.3 is 4.90 Å². The molecule has 1 aliphatic heterocycles. The average molecular weight is 289 g/mol. The van der Waals surface area contributed by atoms with Crippen LogP contribution in [-0.4, -0.2) is 18.2 Å². The normalized spacial score (nSPS) is 20.2. The van der Waals surface area contributed by atoms with Gasteiger partial charge >= 0.3 is 6.18 Å². The van der Waals surface area contributed by atoms with Gasteiger partial charge in [0.05, 0.1) is 5.56 Å². The molecule has 0 saturated carbocycles. The molecule has 0 bridgehead atoms. The summed E-state index contributed by atoms with van der Waals surface area (Å²) in [5, 5.41) is 0. The van der Waals surface area contributed by atoms with Crippen molar-refractivity contribution in [2.45, 2.75) is 19.5 Å². The maximum atomic E-state index is 12.8. The zero-order valence-corrected chi connectivity index (χ0v) is 11.3. The van der Waals surface area contributed by atoms with Gasteiger partial charge in [0.15, 0.2) is 0 Å². The van der Waals surface area contributed by atoms with Gasteiger partial charge in [-0.2, -0.15) is 25.8 Å². The molecule has 1 aromatic carbocycles. The van der Waals surface area contributed by atoms with E-state index in [4.69, 9.17) is 0 Å². The van der Waals surface area contributed by atoms with E-state index < -0.39 is 11.7 Å². The van der Waals surface area contributed by atoms with Crippen LogP contribution in [0, 0.1) is 12.8 Å². The lowest BCUT2D eigenvalue weighted by Crippen LogP contribution is -2.25. The van der Waals surface area contributed by atoms with Crippen LogP contribution in [0.5, 0.6) is 0 Å². The van der Waals surface area contributed by atoms with E-state index in [0.29, 0.717) is 24.4 Å². The second-order valence-corrected chi connectivity index (χ2v) is 5.12. The Bertz CT molecular complexity index is 501. The van der Waals surface area contributed by atoms with Gasteiger partial charge in [-0.1, -0.05) is 6.07 Å². The maximum absolute atomic E-state index is 12.8. The standard InChI is InChI=1S/C13H14F3NOS/c1-8-2-3-10(5-11(8)13(14,15)16)17-6-9(7-19)4-12(17)18/h2-3,5,9,19H,4,6-7H2,1H3. The summed E-state index contributed by atoms with van der Waals surface area (Å²) in [6.45, 7) is 1.84. The molecule has 0 aliphatic carbocycles. The number of hydrogen-bond donors (Lipinski definition) is 1. The highest BCUT2D eigenvalue weighted by Gasteiger charge is 2.35. The summed E-state index contributed by atoms with van der Waals surface area (Å²) in [7, 11) is 0. The van der Waals surface area contributed by atoms with Crippen molar-refractivity contribution in [3.8, 4) is 0 Å². The molecule has 1 saturated heterocycles. The molecule has 0 spiro atoms. The molecule has 1 aliphatic rings. The van der Waals surface area contributed by atoms with Crippen molar-refractivity contribution in [2.75, 3.05) is 17.2 Å². The Hall–Kier alpha value is -1.17. The van der Waals surface area contributed by atoms with E-state index in [1.165, 1.54) is 17.9 Å². The van der Waals surface area contributed by atoms with Gasteiger partial charge in [0.25, 0.3) is 0 Å². The summed E-state index contributed by atoms with van der Waals surface area (Å²) in [5.74, 6) is 0.516. The van der Waals surface area contributed by atoms with Gasteiger partial charge in [0.1, 0.15) is 0 Å². The summed E-state index contributed by atoms with van der Waals surface area (Å²) < 4.78 is 38.5. The Labute approximate surface area is 115 Å². The van der Waals surface area contributed by atoms with Gasteiger partial charge in [0, 0.05) is 18.7 Å². The highest BCUT2D eigenvalue weighted by molar-refractivity contribution is 7.80. The third kappa shape index (κ3) is 2.88. The molecule has 0 radical (unpaired) electrons. The Morgan fingerprint density at radius 2 is 2.11 bits per heavy atom. The van der Waals surface area contributed by atoms with Crippen molar-refractivity contribution in [1.82, 2.24) is 0 Å². The molecule has 2 rings (SSSR count). The first kappa shape index (κ1) is 14.2. The summed E-state index contributed by atoms with van der Waals surface area (Å²) in [6, 6.07) is 4.01. The topological polar surface area (TPSA) is 20.3 Å². The Morgan fingerprint density at radius 3 is 2.63 bits per heavy atom. The molecule has 1 aromatic rings. The van der Waals surface area contributed by atoms with Crippen molar-refractivity contribution in [1.29, 1.82) is 0 Å². The van der Waals surface area contributed by atoms with Crippen molar-refractivity contribution < 1.29 is 18.0 Å². The van der Waals surface area contributed by atoms with Crippen molar-refractivity contribution in [3.63, 3.8) is 0 Å². The van der Waals surface area contributed by atoms with E-state index in [-0.39, 0.29) is 17.4 Å². The van der Waals surface area contributed by atoms with E-state index in [9.17, 15) is 18.0 Å². The lowest BCUT2D eigenvalue weighted by atomic mass is 10.1. The van der Waals surface area contributed by atoms with E-state index in [1.54, 1.807) is 6.07 Å². The smallest absolute Gasteiger partial charge is 0.312 e. The molecule has 2 nitrogen and oxygen atoms in total. The van der Waals surface area contributed by atoms with Crippen molar-refractivity contribution in [3.05, 3.63) is 29.3 Å². The van der Waals surface area contributed by atoms with E-state index in [0.717, 1.165) is 6.07 Å². The Kier molecular flexibility index (Phi) is 3.80.